The Morgan fingerprint density at radius 3 is 1.88 bits per heavy atom. The van der Waals surface area contributed by atoms with Crippen LogP contribution in [0.1, 0.15) is 11.5 Å². The van der Waals surface area contributed by atoms with Crippen LogP contribution in [0.2, 0.25) is 0 Å². The van der Waals surface area contributed by atoms with Crippen molar-refractivity contribution in [1.29, 1.82) is 0 Å². The highest BCUT2D eigenvalue weighted by Gasteiger charge is 2.23. The minimum Gasteiger partial charge on any atom is -0.508 e. The van der Waals surface area contributed by atoms with Crippen LogP contribution in [0, 0.1) is 20.2 Å². The van der Waals surface area contributed by atoms with E-state index in [4.69, 9.17) is 5.11 Å². The molecule has 1 aromatic carbocycles. The number of phenols is 1. The van der Waals surface area contributed by atoms with Crippen LogP contribution in [0.25, 0.3) is 0 Å². The topological polar surface area (TPSA) is 107 Å². The van der Waals surface area contributed by atoms with Crippen molar-refractivity contribution in [2.45, 2.75) is 5.92 Å². The molecule has 0 aromatic heterocycles. The number of rotatable bonds is 5. The molecule has 1 N–H and O–H groups in total. The third kappa shape index (κ3) is 3.52. The Balaban J connectivity index is 2.86. The van der Waals surface area contributed by atoms with Crippen LogP contribution < -0.4 is 0 Å². The van der Waals surface area contributed by atoms with E-state index in [1.165, 1.54) is 24.3 Å². The van der Waals surface area contributed by atoms with Crippen LogP contribution >= 0.6 is 0 Å². The Hall–Kier alpha value is -2.18. The van der Waals surface area contributed by atoms with Crippen LogP contribution in [0.15, 0.2) is 24.3 Å². The lowest BCUT2D eigenvalue weighted by atomic mass is 9.99. The van der Waals surface area contributed by atoms with Crippen molar-refractivity contribution in [2.75, 3.05) is 13.1 Å². The molecular formula is C9H10N2O5. The van der Waals surface area contributed by atoms with Gasteiger partial charge < -0.3 is 5.11 Å². The molecule has 0 aliphatic heterocycles. The first-order chi connectivity index (χ1) is 7.49. The SMILES string of the molecule is O=[N+]([O-])CC(C[N+](=O)[O-])c1ccc(O)cc1. The van der Waals surface area contributed by atoms with Crippen molar-refractivity contribution in [3.8, 4) is 5.75 Å². The first-order valence-electron chi connectivity index (χ1n) is 4.51. The third-order valence-corrected chi connectivity index (χ3v) is 2.10. The zero-order valence-electron chi connectivity index (χ0n) is 8.28. The second-order valence-electron chi connectivity index (χ2n) is 3.32. The van der Waals surface area contributed by atoms with Crippen LogP contribution in [0.3, 0.4) is 0 Å². The highest BCUT2D eigenvalue weighted by Crippen LogP contribution is 2.19. The molecule has 0 heterocycles. The van der Waals surface area contributed by atoms with Gasteiger partial charge in [-0.25, -0.2) is 0 Å². The highest BCUT2D eigenvalue weighted by atomic mass is 16.6. The van der Waals surface area contributed by atoms with Crippen molar-refractivity contribution in [3.05, 3.63) is 50.1 Å². The fourth-order valence-corrected chi connectivity index (χ4v) is 1.37. The van der Waals surface area contributed by atoms with Gasteiger partial charge >= 0.3 is 0 Å². The predicted octanol–water partition coefficient (Wildman–Crippen LogP) is 1.03. The Kier molecular flexibility index (Phi) is 3.76. The maximum absolute atomic E-state index is 10.4. The van der Waals surface area contributed by atoms with Crippen LogP contribution in [-0.2, 0) is 0 Å². The molecule has 0 saturated heterocycles. The summed E-state index contributed by atoms with van der Waals surface area (Å²) in [7, 11) is 0. The molecule has 0 unspecified atom stereocenters. The van der Waals surface area contributed by atoms with Gasteiger partial charge in [0.25, 0.3) is 0 Å². The summed E-state index contributed by atoms with van der Waals surface area (Å²) in [6.07, 6.45) is 0. The minimum atomic E-state index is -0.773. The Bertz CT molecular complexity index is 373. The van der Waals surface area contributed by atoms with Crippen molar-refractivity contribution < 1.29 is 15.0 Å². The highest BCUT2D eigenvalue weighted by molar-refractivity contribution is 5.28. The lowest BCUT2D eigenvalue weighted by Gasteiger charge is -2.08. The smallest absolute Gasteiger partial charge is 0.217 e. The van der Waals surface area contributed by atoms with E-state index in [0.29, 0.717) is 5.56 Å². The molecule has 0 saturated carbocycles. The summed E-state index contributed by atoms with van der Waals surface area (Å²) in [5.74, 6) is -0.754. The van der Waals surface area contributed by atoms with Crippen molar-refractivity contribution in [2.24, 2.45) is 0 Å². The molecule has 0 fully saturated rings. The van der Waals surface area contributed by atoms with Gasteiger partial charge in [-0.15, -0.1) is 0 Å². The van der Waals surface area contributed by atoms with E-state index in [1.54, 1.807) is 0 Å². The standard InChI is InChI=1S/C9H10N2O5/c12-9-3-1-7(2-4-9)8(5-10(13)14)6-11(15)16/h1-4,8,12H,5-6H2. The number of hydrogen-bond acceptors (Lipinski definition) is 5. The first-order valence-corrected chi connectivity index (χ1v) is 4.51. The van der Waals surface area contributed by atoms with Gasteiger partial charge in [0.1, 0.15) is 11.7 Å². The van der Waals surface area contributed by atoms with Crippen molar-refractivity contribution in [3.63, 3.8) is 0 Å². The zero-order valence-corrected chi connectivity index (χ0v) is 8.28. The number of hydrogen-bond donors (Lipinski definition) is 1. The fourth-order valence-electron chi connectivity index (χ4n) is 1.37. The maximum Gasteiger partial charge on any atom is 0.217 e. The Labute approximate surface area is 90.6 Å². The number of aromatic hydroxyl groups is 1. The molecule has 0 amide bonds. The van der Waals surface area contributed by atoms with Gasteiger partial charge in [-0.05, 0) is 17.7 Å². The van der Waals surface area contributed by atoms with Gasteiger partial charge in [-0.3, -0.25) is 20.2 Å². The molecule has 16 heavy (non-hydrogen) atoms. The normalized spacial score (nSPS) is 10.3. The molecule has 0 atom stereocenters. The monoisotopic (exact) mass is 226 g/mol. The zero-order chi connectivity index (χ0) is 12.1. The number of benzene rings is 1. The molecule has 0 bridgehead atoms. The third-order valence-electron chi connectivity index (χ3n) is 2.10. The van der Waals surface area contributed by atoms with Gasteiger partial charge in [0, 0.05) is 9.85 Å². The van der Waals surface area contributed by atoms with Crippen molar-refractivity contribution in [1.82, 2.24) is 0 Å². The predicted molar refractivity (Wildman–Crippen MR) is 54.6 cm³/mol. The average molecular weight is 226 g/mol. The largest absolute Gasteiger partial charge is 0.508 e. The van der Waals surface area contributed by atoms with Crippen LogP contribution in [0.4, 0.5) is 0 Å². The maximum atomic E-state index is 10.4. The summed E-state index contributed by atoms with van der Waals surface area (Å²) in [5.41, 5.74) is 0.478. The molecular weight excluding hydrogens is 216 g/mol. The molecule has 7 heteroatoms. The summed E-state index contributed by atoms with van der Waals surface area (Å²) in [6.45, 7) is -0.989. The van der Waals surface area contributed by atoms with E-state index in [9.17, 15) is 20.2 Å². The molecule has 0 aliphatic rings. The van der Waals surface area contributed by atoms with E-state index < -0.39 is 28.9 Å². The molecule has 7 nitrogen and oxygen atoms in total. The van der Waals surface area contributed by atoms with E-state index in [0.717, 1.165) is 0 Å². The van der Waals surface area contributed by atoms with Gasteiger partial charge in [-0.1, -0.05) is 12.1 Å². The van der Waals surface area contributed by atoms with Gasteiger partial charge in [0.15, 0.2) is 0 Å². The molecule has 1 aromatic rings. The number of nitrogens with zero attached hydrogens (tertiary/aromatic N) is 2. The van der Waals surface area contributed by atoms with Gasteiger partial charge in [0.05, 0.1) is 0 Å². The summed E-state index contributed by atoms with van der Waals surface area (Å²) in [4.78, 5) is 19.6. The fraction of sp³-hybridized carbons (Fsp3) is 0.333. The number of nitro groups is 2. The molecule has 0 spiro atoms. The summed E-state index contributed by atoms with van der Waals surface area (Å²) in [6, 6.07) is 5.60. The summed E-state index contributed by atoms with van der Waals surface area (Å²) < 4.78 is 0. The Morgan fingerprint density at radius 1 is 1.06 bits per heavy atom. The van der Waals surface area contributed by atoms with Crippen LogP contribution in [0.5, 0.6) is 5.75 Å². The van der Waals surface area contributed by atoms with Crippen molar-refractivity contribution >= 4 is 0 Å². The first kappa shape index (κ1) is 11.9. The van der Waals surface area contributed by atoms with E-state index in [-0.39, 0.29) is 5.75 Å². The second kappa shape index (κ2) is 5.06. The lowest BCUT2D eigenvalue weighted by Crippen LogP contribution is -2.20. The molecule has 0 aliphatic carbocycles. The van der Waals surface area contributed by atoms with Gasteiger partial charge in [0.2, 0.25) is 13.1 Å². The van der Waals surface area contributed by atoms with Gasteiger partial charge in [-0.2, -0.15) is 0 Å². The summed E-state index contributed by atoms with van der Waals surface area (Å²) in [5, 5.41) is 29.8. The molecule has 0 radical (unpaired) electrons. The molecule has 86 valence electrons. The lowest BCUT2D eigenvalue weighted by molar-refractivity contribution is -0.516. The molecule has 1 rings (SSSR count). The number of phenolic OH excluding ortho intramolecular Hbond substituents is 1. The minimum absolute atomic E-state index is 0.0182. The Morgan fingerprint density at radius 2 is 1.50 bits per heavy atom. The van der Waals surface area contributed by atoms with E-state index in [2.05, 4.69) is 0 Å². The van der Waals surface area contributed by atoms with Crippen LogP contribution in [-0.4, -0.2) is 28.0 Å². The second-order valence-corrected chi connectivity index (χ2v) is 3.32. The average Bonchev–Trinajstić information content (AvgIpc) is 2.16. The summed E-state index contributed by atoms with van der Waals surface area (Å²) >= 11 is 0. The van der Waals surface area contributed by atoms with E-state index >= 15 is 0 Å². The quantitative estimate of drug-likeness (QED) is 0.596. The van der Waals surface area contributed by atoms with E-state index in [1.807, 2.05) is 0 Å².